The van der Waals surface area contributed by atoms with Gasteiger partial charge in [-0.05, 0) is 38.8 Å². The fourth-order valence-corrected chi connectivity index (χ4v) is 1.65. The van der Waals surface area contributed by atoms with Crippen molar-refractivity contribution < 1.29 is 4.79 Å². The Bertz CT molecular complexity index is 361. The van der Waals surface area contributed by atoms with E-state index in [4.69, 9.17) is 0 Å². The number of amides is 2. The lowest BCUT2D eigenvalue weighted by Gasteiger charge is -2.18. The summed E-state index contributed by atoms with van der Waals surface area (Å²) in [6.07, 6.45) is 0. The van der Waals surface area contributed by atoms with Crippen LogP contribution < -0.4 is 10.6 Å². The zero-order chi connectivity index (χ0) is 12.1. The lowest BCUT2D eigenvalue weighted by atomic mass is 10.0. The number of rotatable bonds is 3. The number of nitrogens with one attached hydrogen (secondary N) is 2. The predicted molar refractivity (Wildman–Crippen MR) is 66.4 cm³/mol. The topological polar surface area (TPSA) is 41.1 Å². The number of aryl methyl sites for hydroxylation is 1. The molecule has 0 aliphatic carbocycles. The maximum atomic E-state index is 11.5. The smallest absolute Gasteiger partial charge is 0.315 e. The first kappa shape index (κ1) is 12.6. The summed E-state index contributed by atoms with van der Waals surface area (Å²) in [5.74, 6) is 0. The van der Waals surface area contributed by atoms with Gasteiger partial charge in [-0.3, -0.25) is 0 Å². The summed E-state index contributed by atoms with van der Waals surface area (Å²) in [6, 6.07) is 8.14. The van der Waals surface area contributed by atoms with Crippen molar-refractivity contribution in [1.29, 1.82) is 0 Å². The molecule has 1 rings (SSSR count). The van der Waals surface area contributed by atoms with Crippen LogP contribution in [0, 0.1) is 6.92 Å². The van der Waals surface area contributed by atoms with E-state index in [1.165, 1.54) is 5.56 Å². The van der Waals surface area contributed by atoms with Crippen molar-refractivity contribution >= 4 is 6.03 Å². The highest BCUT2D eigenvalue weighted by molar-refractivity contribution is 5.74. The standard InChI is InChI=1S/C13H20N2O/c1-9(2)14-13(16)15-11(4)12-8-6-5-7-10(12)3/h5-9,11H,1-4H3,(H2,14,15,16). The summed E-state index contributed by atoms with van der Waals surface area (Å²) >= 11 is 0. The van der Waals surface area contributed by atoms with E-state index >= 15 is 0 Å². The Morgan fingerprint density at radius 2 is 1.75 bits per heavy atom. The van der Waals surface area contributed by atoms with E-state index < -0.39 is 0 Å². The van der Waals surface area contributed by atoms with Gasteiger partial charge in [-0.25, -0.2) is 4.79 Å². The number of urea groups is 1. The van der Waals surface area contributed by atoms with Crippen LogP contribution in [0.25, 0.3) is 0 Å². The Kier molecular flexibility index (Phi) is 4.35. The summed E-state index contributed by atoms with van der Waals surface area (Å²) in [6.45, 7) is 7.92. The summed E-state index contributed by atoms with van der Waals surface area (Å²) in [5, 5.41) is 5.73. The Hall–Kier alpha value is -1.51. The summed E-state index contributed by atoms with van der Waals surface area (Å²) < 4.78 is 0. The van der Waals surface area contributed by atoms with Crippen LogP contribution in [0.2, 0.25) is 0 Å². The van der Waals surface area contributed by atoms with E-state index in [9.17, 15) is 4.79 Å². The minimum atomic E-state index is -0.120. The molecule has 0 bridgehead atoms. The molecule has 16 heavy (non-hydrogen) atoms. The monoisotopic (exact) mass is 220 g/mol. The molecule has 0 fully saturated rings. The maximum absolute atomic E-state index is 11.5. The lowest BCUT2D eigenvalue weighted by Crippen LogP contribution is -2.40. The number of hydrogen-bond donors (Lipinski definition) is 2. The quantitative estimate of drug-likeness (QED) is 0.808. The molecule has 1 aromatic rings. The van der Waals surface area contributed by atoms with Crippen molar-refractivity contribution in [2.75, 3.05) is 0 Å². The molecule has 0 heterocycles. The molecule has 2 N–H and O–H groups in total. The van der Waals surface area contributed by atoms with Gasteiger partial charge in [0.25, 0.3) is 0 Å². The average Bonchev–Trinajstić information content (AvgIpc) is 2.16. The van der Waals surface area contributed by atoms with Crippen molar-refractivity contribution in [3.05, 3.63) is 35.4 Å². The van der Waals surface area contributed by atoms with Gasteiger partial charge in [0, 0.05) is 6.04 Å². The predicted octanol–water partition coefficient (Wildman–Crippen LogP) is 2.76. The highest BCUT2D eigenvalue weighted by Crippen LogP contribution is 2.16. The third kappa shape index (κ3) is 3.57. The molecule has 0 saturated heterocycles. The Morgan fingerprint density at radius 3 is 2.31 bits per heavy atom. The van der Waals surface area contributed by atoms with Crippen LogP contribution in [-0.4, -0.2) is 12.1 Å². The Morgan fingerprint density at radius 1 is 1.12 bits per heavy atom. The normalized spacial score (nSPS) is 12.3. The van der Waals surface area contributed by atoms with Crippen molar-refractivity contribution in [2.24, 2.45) is 0 Å². The van der Waals surface area contributed by atoms with Gasteiger partial charge in [-0.2, -0.15) is 0 Å². The maximum Gasteiger partial charge on any atom is 0.315 e. The molecule has 88 valence electrons. The highest BCUT2D eigenvalue weighted by Gasteiger charge is 2.11. The first-order chi connectivity index (χ1) is 7.50. The van der Waals surface area contributed by atoms with Crippen molar-refractivity contribution in [3.8, 4) is 0 Å². The van der Waals surface area contributed by atoms with E-state index in [1.807, 2.05) is 52.0 Å². The molecule has 1 aromatic carbocycles. The van der Waals surface area contributed by atoms with E-state index in [0.29, 0.717) is 0 Å². The van der Waals surface area contributed by atoms with Crippen LogP contribution in [-0.2, 0) is 0 Å². The fourth-order valence-electron chi connectivity index (χ4n) is 1.65. The molecule has 0 radical (unpaired) electrons. The van der Waals surface area contributed by atoms with Gasteiger partial charge in [0.05, 0.1) is 6.04 Å². The van der Waals surface area contributed by atoms with Gasteiger partial charge in [0.2, 0.25) is 0 Å². The zero-order valence-electron chi connectivity index (χ0n) is 10.4. The van der Waals surface area contributed by atoms with Crippen LogP contribution in [0.3, 0.4) is 0 Å². The van der Waals surface area contributed by atoms with Crippen molar-refractivity contribution in [2.45, 2.75) is 39.8 Å². The fraction of sp³-hybridized carbons (Fsp3) is 0.462. The van der Waals surface area contributed by atoms with Gasteiger partial charge < -0.3 is 10.6 Å². The van der Waals surface area contributed by atoms with Gasteiger partial charge in [0.15, 0.2) is 0 Å². The first-order valence-electron chi connectivity index (χ1n) is 5.63. The third-order valence-corrected chi connectivity index (χ3v) is 2.42. The average molecular weight is 220 g/mol. The van der Waals surface area contributed by atoms with E-state index in [2.05, 4.69) is 10.6 Å². The number of carbonyl (C=O) groups excluding carboxylic acids is 1. The summed E-state index contributed by atoms with van der Waals surface area (Å²) in [7, 11) is 0. The second-order valence-corrected chi connectivity index (χ2v) is 4.35. The van der Waals surface area contributed by atoms with Crippen LogP contribution in [0.4, 0.5) is 4.79 Å². The van der Waals surface area contributed by atoms with Gasteiger partial charge in [-0.1, -0.05) is 24.3 Å². The molecule has 3 nitrogen and oxygen atoms in total. The molecule has 0 aromatic heterocycles. The lowest BCUT2D eigenvalue weighted by molar-refractivity contribution is 0.235. The second kappa shape index (κ2) is 5.54. The van der Waals surface area contributed by atoms with E-state index in [1.54, 1.807) is 0 Å². The molecule has 0 spiro atoms. The highest BCUT2D eigenvalue weighted by atomic mass is 16.2. The van der Waals surface area contributed by atoms with Crippen molar-refractivity contribution in [1.82, 2.24) is 10.6 Å². The van der Waals surface area contributed by atoms with Gasteiger partial charge in [-0.15, -0.1) is 0 Å². The molecule has 2 amide bonds. The molecular weight excluding hydrogens is 200 g/mol. The van der Waals surface area contributed by atoms with Crippen molar-refractivity contribution in [3.63, 3.8) is 0 Å². The summed E-state index contributed by atoms with van der Waals surface area (Å²) in [5.41, 5.74) is 2.35. The van der Waals surface area contributed by atoms with Crippen LogP contribution >= 0.6 is 0 Å². The van der Waals surface area contributed by atoms with Gasteiger partial charge in [0.1, 0.15) is 0 Å². The molecular formula is C13H20N2O. The number of benzene rings is 1. The number of hydrogen-bond acceptors (Lipinski definition) is 1. The molecule has 1 unspecified atom stereocenters. The molecule has 0 aliphatic heterocycles. The van der Waals surface area contributed by atoms with Crippen LogP contribution in [0.15, 0.2) is 24.3 Å². The summed E-state index contributed by atoms with van der Waals surface area (Å²) in [4.78, 5) is 11.5. The Labute approximate surface area is 97.2 Å². The third-order valence-electron chi connectivity index (χ3n) is 2.42. The SMILES string of the molecule is Cc1ccccc1C(C)NC(=O)NC(C)C. The molecule has 0 aliphatic rings. The van der Waals surface area contributed by atoms with Crippen LogP contribution in [0.1, 0.15) is 37.9 Å². The second-order valence-electron chi connectivity index (χ2n) is 4.35. The zero-order valence-corrected chi connectivity index (χ0v) is 10.4. The van der Waals surface area contributed by atoms with E-state index in [0.717, 1.165) is 5.56 Å². The minimum Gasteiger partial charge on any atom is -0.336 e. The molecule has 1 atom stereocenters. The largest absolute Gasteiger partial charge is 0.336 e. The number of carbonyl (C=O) groups is 1. The van der Waals surface area contributed by atoms with Gasteiger partial charge >= 0.3 is 6.03 Å². The molecule has 0 saturated carbocycles. The molecule has 3 heteroatoms. The van der Waals surface area contributed by atoms with Crippen LogP contribution in [0.5, 0.6) is 0 Å². The minimum absolute atomic E-state index is 0.0277. The Balaban J connectivity index is 2.62. The van der Waals surface area contributed by atoms with E-state index in [-0.39, 0.29) is 18.1 Å². The first-order valence-corrected chi connectivity index (χ1v) is 5.63.